The first-order valence-corrected chi connectivity index (χ1v) is 21.0. The molecule has 0 saturated carbocycles. The minimum absolute atomic E-state index is 0.131. The van der Waals surface area contributed by atoms with Crippen molar-refractivity contribution in [2.75, 3.05) is 95.3 Å². The molecule has 1 saturated heterocycles. The summed E-state index contributed by atoms with van der Waals surface area (Å²) >= 11 is 0. The van der Waals surface area contributed by atoms with Crippen LogP contribution in [0.4, 0.5) is 0 Å². The molecular weight excluding hydrogens is 615 g/mol. The number of nitrogens with two attached hydrogens (primary N) is 2. The van der Waals surface area contributed by atoms with Gasteiger partial charge in [-0.15, -0.1) is 0 Å². The Morgan fingerprint density at radius 3 is 1.58 bits per heavy atom. The van der Waals surface area contributed by atoms with E-state index in [4.69, 9.17) is 60.8 Å². The minimum Gasteiger partial charge on any atom is -0.377 e. The SMILES string of the molecule is CCO[Si](CCCNC(CC[Si](OC)(OC)OC)OCC1CO1)(OCC)OCC.CO[Si](OC)(OC)C(CCN)CCN. The average molecular weight is 678 g/mol. The predicted molar refractivity (Wildman–Crippen MR) is 172 cm³/mol. The normalized spacial score (nSPS) is 16.3. The second kappa shape index (κ2) is 25.2. The van der Waals surface area contributed by atoms with Crippen LogP contribution in [0.5, 0.6) is 0 Å². The van der Waals surface area contributed by atoms with Gasteiger partial charge in [-0.1, -0.05) is 0 Å². The van der Waals surface area contributed by atoms with E-state index in [1.807, 2.05) is 20.8 Å². The summed E-state index contributed by atoms with van der Waals surface area (Å²) in [7, 11) is 1.91. The van der Waals surface area contributed by atoms with E-state index in [2.05, 4.69) is 5.32 Å². The zero-order valence-electron chi connectivity index (χ0n) is 28.3. The number of rotatable bonds is 28. The second-order valence-corrected chi connectivity index (χ2v) is 18.8. The maximum atomic E-state index is 6.01. The molecular formula is C26H63N3O11Si3. The van der Waals surface area contributed by atoms with E-state index in [-0.39, 0.29) is 17.9 Å². The lowest BCUT2D eigenvalue weighted by atomic mass is 10.2. The lowest BCUT2D eigenvalue weighted by Gasteiger charge is -2.32. The molecule has 17 heteroatoms. The number of nitrogens with one attached hydrogen (secondary N) is 1. The van der Waals surface area contributed by atoms with Gasteiger partial charge >= 0.3 is 26.4 Å². The summed E-state index contributed by atoms with van der Waals surface area (Å²) in [6.07, 6.45) is 3.31. The molecule has 43 heavy (non-hydrogen) atoms. The van der Waals surface area contributed by atoms with Crippen molar-refractivity contribution in [2.24, 2.45) is 11.5 Å². The molecule has 0 amide bonds. The van der Waals surface area contributed by atoms with Crippen molar-refractivity contribution in [3.8, 4) is 0 Å². The molecule has 1 fully saturated rings. The molecule has 2 atom stereocenters. The molecule has 2 unspecified atom stereocenters. The van der Waals surface area contributed by atoms with Crippen LogP contribution in [-0.4, -0.2) is 134 Å². The van der Waals surface area contributed by atoms with E-state index in [0.29, 0.717) is 45.6 Å². The van der Waals surface area contributed by atoms with Gasteiger partial charge < -0.3 is 60.8 Å². The predicted octanol–water partition coefficient (Wildman–Crippen LogP) is 1.96. The average Bonchev–Trinajstić information content (AvgIpc) is 3.85. The van der Waals surface area contributed by atoms with E-state index in [0.717, 1.165) is 44.9 Å². The van der Waals surface area contributed by atoms with E-state index in [1.165, 1.54) is 0 Å². The maximum absolute atomic E-state index is 6.01. The number of epoxide rings is 1. The molecule has 260 valence electrons. The summed E-state index contributed by atoms with van der Waals surface area (Å²) in [6.45, 7) is 11.0. The van der Waals surface area contributed by atoms with Gasteiger partial charge in [0.05, 0.1) is 13.2 Å². The van der Waals surface area contributed by atoms with Crippen molar-refractivity contribution < 1.29 is 49.3 Å². The highest BCUT2D eigenvalue weighted by molar-refractivity contribution is 6.62. The Kier molecular flexibility index (Phi) is 25.3. The van der Waals surface area contributed by atoms with Gasteiger partial charge in [0.15, 0.2) is 0 Å². The summed E-state index contributed by atoms with van der Waals surface area (Å²) in [5, 5.41) is 3.48. The fourth-order valence-corrected chi connectivity index (χ4v) is 11.6. The van der Waals surface area contributed by atoms with Crippen molar-refractivity contribution >= 4 is 26.4 Å². The van der Waals surface area contributed by atoms with Crippen molar-refractivity contribution in [2.45, 2.75) is 76.4 Å². The molecule has 0 aromatic rings. The van der Waals surface area contributed by atoms with Gasteiger partial charge in [-0.25, -0.2) is 0 Å². The van der Waals surface area contributed by atoms with Gasteiger partial charge in [0.25, 0.3) is 0 Å². The van der Waals surface area contributed by atoms with Gasteiger partial charge in [0.2, 0.25) is 0 Å². The van der Waals surface area contributed by atoms with Crippen LogP contribution in [0.2, 0.25) is 17.6 Å². The molecule has 0 radical (unpaired) electrons. The van der Waals surface area contributed by atoms with Gasteiger partial charge in [0, 0.05) is 80.1 Å². The standard InChI is InChI=1S/C18H41NO8Si2.C8H22N2O3Si/c1-7-25-29(26-8-2,27-9-3)13-10-12-19-18(24-16-17-15-23-17)11-14-28(20-4,21-5)22-6;1-11-14(12-2,13-3)8(4-6-9)5-7-10/h17-19H,7-16H2,1-6H3;8H,4-7,9-10H2,1-3H3. The number of ether oxygens (including phenoxy) is 2. The molecule has 1 rings (SSSR count). The van der Waals surface area contributed by atoms with Crippen LogP contribution in [-0.2, 0) is 49.3 Å². The van der Waals surface area contributed by atoms with Gasteiger partial charge in [-0.3, -0.25) is 5.32 Å². The van der Waals surface area contributed by atoms with Crippen LogP contribution in [0.3, 0.4) is 0 Å². The Morgan fingerprint density at radius 1 is 0.721 bits per heavy atom. The largest absolute Gasteiger partial charge is 0.503 e. The number of hydrogen-bond acceptors (Lipinski definition) is 14. The third kappa shape index (κ3) is 16.5. The topological polar surface area (TPSA) is 169 Å². The van der Waals surface area contributed by atoms with Crippen LogP contribution in [0.1, 0.15) is 46.5 Å². The molecule has 5 N–H and O–H groups in total. The molecule has 1 aliphatic heterocycles. The minimum atomic E-state index is -2.63. The Labute approximate surface area is 264 Å². The quantitative estimate of drug-likeness (QED) is 0.0475. The van der Waals surface area contributed by atoms with Gasteiger partial charge in [-0.05, 0) is 66.1 Å². The lowest BCUT2D eigenvalue weighted by Crippen LogP contribution is -2.48. The van der Waals surface area contributed by atoms with Crippen LogP contribution >= 0.6 is 0 Å². The highest BCUT2D eigenvalue weighted by Gasteiger charge is 2.46. The van der Waals surface area contributed by atoms with Gasteiger partial charge in [-0.2, -0.15) is 0 Å². The zero-order valence-corrected chi connectivity index (χ0v) is 31.3. The zero-order chi connectivity index (χ0) is 32.6. The molecule has 1 heterocycles. The molecule has 0 aromatic carbocycles. The van der Waals surface area contributed by atoms with E-state index < -0.39 is 26.4 Å². The first-order chi connectivity index (χ1) is 20.7. The summed E-state index contributed by atoms with van der Waals surface area (Å²) in [6, 6.07) is 1.43. The fourth-order valence-electron chi connectivity index (χ4n) is 4.72. The van der Waals surface area contributed by atoms with Crippen molar-refractivity contribution in [3.05, 3.63) is 0 Å². The van der Waals surface area contributed by atoms with Crippen molar-refractivity contribution in [3.63, 3.8) is 0 Å². The third-order valence-corrected chi connectivity index (χ3v) is 16.2. The Bertz CT molecular complexity index is 613. The molecule has 14 nitrogen and oxygen atoms in total. The maximum Gasteiger partial charge on any atom is 0.503 e. The molecule has 0 aliphatic carbocycles. The molecule has 0 aromatic heterocycles. The monoisotopic (exact) mass is 677 g/mol. The summed E-state index contributed by atoms with van der Waals surface area (Å²) in [4.78, 5) is 0. The molecule has 0 bridgehead atoms. The highest BCUT2D eigenvalue weighted by atomic mass is 28.4. The summed E-state index contributed by atoms with van der Waals surface area (Å²) < 4.78 is 61.7. The first kappa shape index (κ1) is 43.1. The van der Waals surface area contributed by atoms with Crippen LogP contribution < -0.4 is 16.8 Å². The van der Waals surface area contributed by atoms with Crippen LogP contribution in [0.15, 0.2) is 0 Å². The van der Waals surface area contributed by atoms with Crippen LogP contribution in [0, 0.1) is 0 Å². The number of hydrogen-bond donors (Lipinski definition) is 3. The molecule has 0 spiro atoms. The second-order valence-electron chi connectivity index (χ2n) is 9.72. The molecule has 1 aliphatic rings. The highest BCUT2D eigenvalue weighted by Crippen LogP contribution is 2.29. The lowest BCUT2D eigenvalue weighted by molar-refractivity contribution is 0.0138. The third-order valence-electron chi connectivity index (χ3n) is 7.04. The fraction of sp³-hybridized carbons (Fsp3) is 1.00. The summed E-state index contributed by atoms with van der Waals surface area (Å²) in [5.41, 5.74) is 11.3. The smallest absolute Gasteiger partial charge is 0.377 e. The first-order valence-electron chi connectivity index (χ1n) is 15.3. The summed E-state index contributed by atoms with van der Waals surface area (Å²) in [5.74, 6) is 0. The van der Waals surface area contributed by atoms with Gasteiger partial charge in [0.1, 0.15) is 12.3 Å². The van der Waals surface area contributed by atoms with Crippen LogP contribution in [0.25, 0.3) is 0 Å². The van der Waals surface area contributed by atoms with E-state index >= 15 is 0 Å². The van der Waals surface area contributed by atoms with Crippen molar-refractivity contribution in [1.82, 2.24) is 5.32 Å². The Balaban J connectivity index is 0.00000106. The Morgan fingerprint density at radius 2 is 1.21 bits per heavy atom. The van der Waals surface area contributed by atoms with E-state index in [9.17, 15) is 0 Å². The van der Waals surface area contributed by atoms with E-state index in [1.54, 1.807) is 42.7 Å². The Hall–Kier alpha value is 0.0906. The van der Waals surface area contributed by atoms with Crippen molar-refractivity contribution in [1.29, 1.82) is 0 Å².